The van der Waals surface area contributed by atoms with Gasteiger partial charge in [-0.3, -0.25) is 19.3 Å². The van der Waals surface area contributed by atoms with Crippen LogP contribution in [0.15, 0.2) is 18.2 Å². The average Bonchev–Trinajstić information content (AvgIpc) is 3.11. The number of amides is 3. The highest BCUT2D eigenvalue weighted by Gasteiger charge is 2.37. The van der Waals surface area contributed by atoms with Gasteiger partial charge in [0, 0.05) is 25.2 Å². The molecule has 2 heterocycles. The van der Waals surface area contributed by atoms with Crippen molar-refractivity contribution in [3.63, 3.8) is 0 Å². The van der Waals surface area contributed by atoms with Gasteiger partial charge in [-0.15, -0.1) is 0 Å². The van der Waals surface area contributed by atoms with E-state index in [0.29, 0.717) is 36.6 Å². The second-order valence-corrected chi connectivity index (χ2v) is 5.91. The molecule has 0 unspecified atom stereocenters. The van der Waals surface area contributed by atoms with E-state index < -0.39 is 6.04 Å². The van der Waals surface area contributed by atoms with Gasteiger partial charge in [-0.2, -0.15) is 0 Å². The number of hydrogen-bond acceptors (Lipinski definition) is 5. The van der Waals surface area contributed by atoms with Gasteiger partial charge in [0.2, 0.25) is 11.8 Å². The SMILES string of the molecule is CCN1C(=O)C[C@@H](Nc2ccc(OC)c(N3CCCC3=O)c2)C1=O. The Morgan fingerprint density at radius 3 is 2.62 bits per heavy atom. The Morgan fingerprint density at radius 1 is 1.25 bits per heavy atom. The third-order valence-electron chi connectivity index (χ3n) is 4.44. The van der Waals surface area contributed by atoms with Crippen LogP contribution >= 0.6 is 0 Å². The van der Waals surface area contributed by atoms with E-state index in [9.17, 15) is 14.4 Å². The third kappa shape index (κ3) is 2.81. The molecule has 0 spiro atoms. The number of imide groups is 1. The molecule has 0 bridgehead atoms. The molecule has 2 fully saturated rings. The first-order chi connectivity index (χ1) is 11.5. The molecule has 2 aliphatic heterocycles. The number of nitrogens with one attached hydrogen (secondary N) is 1. The molecule has 0 aliphatic carbocycles. The minimum atomic E-state index is -0.562. The molecular formula is C17H21N3O4. The van der Waals surface area contributed by atoms with Gasteiger partial charge in [0.1, 0.15) is 11.8 Å². The summed E-state index contributed by atoms with van der Waals surface area (Å²) >= 11 is 0. The molecule has 7 heteroatoms. The maximum Gasteiger partial charge on any atom is 0.252 e. The zero-order chi connectivity index (χ0) is 17.3. The Labute approximate surface area is 140 Å². The van der Waals surface area contributed by atoms with Gasteiger partial charge in [-0.25, -0.2) is 0 Å². The van der Waals surface area contributed by atoms with Gasteiger partial charge < -0.3 is 15.0 Å². The monoisotopic (exact) mass is 331 g/mol. The van der Waals surface area contributed by atoms with Crippen LogP contribution in [0.2, 0.25) is 0 Å². The van der Waals surface area contributed by atoms with Crippen LogP contribution in [0.25, 0.3) is 0 Å². The van der Waals surface area contributed by atoms with E-state index in [2.05, 4.69) is 5.32 Å². The summed E-state index contributed by atoms with van der Waals surface area (Å²) in [4.78, 5) is 39.0. The first kappa shape index (κ1) is 16.3. The van der Waals surface area contributed by atoms with Gasteiger partial charge in [-0.05, 0) is 31.5 Å². The van der Waals surface area contributed by atoms with Crippen molar-refractivity contribution in [1.29, 1.82) is 0 Å². The van der Waals surface area contributed by atoms with Crippen molar-refractivity contribution in [2.45, 2.75) is 32.2 Å². The molecule has 0 radical (unpaired) electrons. The fraction of sp³-hybridized carbons (Fsp3) is 0.471. The van der Waals surface area contributed by atoms with E-state index in [1.807, 2.05) is 0 Å². The molecule has 2 saturated heterocycles. The van der Waals surface area contributed by atoms with Gasteiger partial charge in [0.05, 0.1) is 19.2 Å². The standard InChI is InChI=1S/C17H21N3O4/c1-3-19-16(22)10-12(17(19)23)18-11-6-7-14(24-2)13(9-11)20-8-4-5-15(20)21/h6-7,9,12,18H,3-5,8,10H2,1-2H3/t12-/m1/s1. The molecule has 1 N–H and O–H groups in total. The predicted molar refractivity (Wildman–Crippen MR) is 89.0 cm³/mol. The summed E-state index contributed by atoms with van der Waals surface area (Å²) in [6, 6.07) is 4.79. The van der Waals surface area contributed by atoms with E-state index in [4.69, 9.17) is 4.74 Å². The molecule has 24 heavy (non-hydrogen) atoms. The van der Waals surface area contributed by atoms with Crippen molar-refractivity contribution in [2.75, 3.05) is 30.4 Å². The van der Waals surface area contributed by atoms with Crippen LogP contribution in [0.4, 0.5) is 11.4 Å². The smallest absolute Gasteiger partial charge is 0.252 e. The minimum Gasteiger partial charge on any atom is -0.495 e. The van der Waals surface area contributed by atoms with Crippen LogP contribution in [0.1, 0.15) is 26.2 Å². The summed E-state index contributed by atoms with van der Waals surface area (Å²) in [5.74, 6) is 0.301. The average molecular weight is 331 g/mol. The number of methoxy groups -OCH3 is 1. The maximum atomic E-state index is 12.2. The van der Waals surface area contributed by atoms with Crippen molar-refractivity contribution >= 4 is 29.1 Å². The van der Waals surface area contributed by atoms with Gasteiger partial charge in [0.25, 0.3) is 5.91 Å². The number of carbonyl (C=O) groups excluding carboxylic acids is 3. The van der Waals surface area contributed by atoms with Crippen molar-refractivity contribution < 1.29 is 19.1 Å². The lowest BCUT2D eigenvalue weighted by Crippen LogP contribution is -2.34. The summed E-state index contributed by atoms with van der Waals surface area (Å²) in [6.07, 6.45) is 1.50. The highest BCUT2D eigenvalue weighted by atomic mass is 16.5. The maximum absolute atomic E-state index is 12.2. The molecule has 0 saturated carbocycles. The molecule has 1 aromatic carbocycles. The van der Waals surface area contributed by atoms with Gasteiger partial charge in [-0.1, -0.05) is 0 Å². The van der Waals surface area contributed by atoms with Crippen molar-refractivity contribution in [1.82, 2.24) is 4.90 Å². The first-order valence-electron chi connectivity index (χ1n) is 8.14. The summed E-state index contributed by atoms with van der Waals surface area (Å²) in [5, 5.41) is 3.11. The number of hydrogen-bond donors (Lipinski definition) is 1. The molecule has 3 rings (SSSR count). The van der Waals surface area contributed by atoms with E-state index in [0.717, 1.165) is 6.42 Å². The van der Waals surface area contributed by atoms with Crippen LogP contribution in [0.3, 0.4) is 0 Å². The Hall–Kier alpha value is -2.57. The van der Waals surface area contributed by atoms with E-state index in [-0.39, 0.29) is 24.1 Å². The summed E-state index contributed by atoms with van der Waals surface area (Å²) in [5.41, 5.74) is 1.38. The Morgan fingerprint density at radius 2 is 2.04 bits per heavy atom. The number of benzene rings is 1. The number of ether oxygens (including phenoxy) is 1. The molecule has 3 amide bonds. The topological polar surface area (TPSA) is 79.0 Å². The molecule has 1 atom stereocenters. The third-order valence-corrected chi connectivity index (χ3v) is 4.44. The summed E-state index contributed by atoms with van der Waals surface area (Å²) in [6.45, 7) is 2.82. The largest absolute Gasteiger partial charge is 0.495 e. The van der Waals surface area contributed by atoms with Crippen molar-refractivity contribution in [2.24, 2.45) is 0 Å². The lowest BCUT2D eigenvalue weighted by atomic mass is 10.2. The number of anilines is 2. The van der Waals surface area contributed by atoms with E-state index in [1.54, 1.807) is 37.1 Å². The number of nitrogens with zero attached hydrogens (tertiary/aromatic N) is 2. The first-order valence-corrected chi connectivity index (χ1v) is 8.14. The van der Waals surface area contributed by atoms with Crippen LogP contribution in [0, 0.1) is 0 Å². The lowest BCUT2D eigenvalue weighted by Gasteiger charge is -2.21. The molecule has 0 aromatic heterocycles. The van der Waals surface area contributed by atoms with Crippen LogP contribution < -0.4 is 15.0 Å². The van der Waals surface area contributed by atoms with Crippen molar-refractivity contribution in [3.8, 4) is 5.75 Å². The molecule has 1 aromatic rings. The predicted octanol–water partition coefficient (Wildman–Crippen LogP) is 1.38. The fourth-order valence-electron chi connectivity index (χ4n) is 3.22. The zero-order valence-electron chi connectivity index (χ0n) is 13.9. The summed E-state index contributed by atoms with van der Waals surface area (Å²) in [7, 11) is 1.56. The number of rotatable bonds is 5. The quantitative estimate of drug-likeness (QED) is 0.825. The second kappa shape index (κ2) is 6.51. The lowest BCUT2D eigenvalue weighted by molar-refractivity contribution is -0.138. The fourth-order valence-corrected chi connectivity index (χ4v) is 3.22. The van der Waals surface area contributed by atoms with E-state index >= 15 is 0 Å². The highest BCUT2D eigenvalue weighted by molar-refractivity contribution is 6.07. The van der Waals surface area contributed by atoms with Gasteiger partial charge in [0.15, 0.2) is 0 Å². The molecule has 7 nitrogen and oxygen atoms in total. The Balaban J connectivity index is 1.83. The Bertz CT molecular complexity index is 688. The molecule has 2 aliphatic rings. The minimum absolute atomic E-state index is 0.0646. The van der Waals surface area contributed by atoms with Crippen LogP contribution in [-0.2, 0) is 14.4 Å². The highest BCUT2D eigenvalue weighted by Crippen LogP contribution is 2.34. The zero-order valence-corrected chi connectivity index (χ0v) is 13.9. The number of carbonyl (C=O) groups is 3. The van der Waals surface area contributed by atoms with Crippen molar-refractivity contribution in [3.05, 3.63) is 18.2 Å². The molecular weight excluding hydrogens is 310 g/mol. The van der Waals surface area contributed by atoms with Crippen LogP contribution in [0.5, 0.6) is 5.75 Å². The Kier molecular flexibility index (Phi) is 4.42. The normalized spacial score (nSPS) is 20.9. The van der Waals surface area contributed by atoms with E-state index in [1.165, 1.54) is 4.90 Å². The number of likely N-dealkylation sites (tertiary alicyclic amines) is 1. The number of likely N-dealkylation sites (N-methyl/N-ethyl adjacent to an activating group) is 1. The van der Waals surface area contributed by atoms with Gasteiger partial charge >= 0.3 is 0 Å². The summed E-state index contributed by atoms with van der Waals surface area (Å²) < 4.78 is 5.35. The second-order valence-electron chi connectivity index (χ2n) is 5.91. The molecule has 128 valence electrons. The van der Waals surface area contributed by atoms with Crippen LogP contribution in [-0.4, -0.2) is 48.9 Å².